The average Bonchev–Trinajstić information content (AvgIpc) is 2.60. The van der Waals surface area contributed by atoms with Crippen molar-refractivity contribution >= 4 is 0 Å². The second kappa shape index (κ2) is 4.46. The molecule has 18 heavy (non-hydrogen) atoms. The highest BCUT2D eigenvalue weighted by Crippen LogP contribution is 2.39. The van der Waals surface area contributed by atoms with Crippen LogP contribution in [-0.2, 0) is 4.74 Å². The Morgan fingerprint density at radius 2 is 1.39 bits per heavy atom. The Morgan fingerprint density at radius 3 is 1.83 bits per heavy atom. The molecule has 0 aromatic rings. The van der Waals surface area contributed by atoms with Crippen molar-refractivity contribution in [2.24, 2.45) is 0 Å². The molecule has 3 heteroatoms. The summed E-state index contributed by atoms with van der Waals surface area (Å²) in [5.74, 6) is 0. The van der Waals surface area contributed by atoms with Gasteiger partial charge in [-0.05, 0) is 41.5 Å². The van der Waals surface area contributed by atoms with Crippen LogP contribution in [-0.4, -0.2) is 52.8 Å². The standard InChI is InChI=1S/C15H30N2O/c1-13(2,3)16-9-7-15(8-10-16)17(11-12-18-15)14(4,5)6/h7-12H2,1-6H3. The summed E-state index contributed by atoms with van der Waals surface area (Å²) in [7, 11) is 0. The summed E-state index contributed by atoms with van der Waals surface area (Å²) in [6.45, 7) is 18.1. The van der Waals surface area contributed by atoms with E-state index in [2.05, 4.69) is 51.3 Å². The number of hydrogen-bond acceptors (Lipinski definition) is 3. The van der Waals surface area contributed by atoms with Gasteiger partial charge >= 0.3 is 0 Å². The van der Waals surface area contributed by atoms with Gasteiger partial charge in [0.1, 0.15) is 5.72 Å². The van der Waals surface area contributed by atoms with Crippen LogP contribution >= 0.6 is 0 Å². The predicted octanol–water partition coefficient (Wildman–Crippen LogP) is 2.71. The Kier molecular flexibility index (Phi) is 3.54. The van der Waals surface area contributed by atoms with Gasteiger partial charge in [-0.2, -0.15) is 0 Å². The van der Waals surface area contributed by atoms with Crippen LogP contribution in [0.2, 0.25) is 0 Å². The van der Waals surface area contributed by atoms with Crippen molar-refractivity contribution in [3.05, 3.63) is 0 Å². The van der Waals surface area contributed by atoms with Crippen molar-refractivity contribution in [1.29, 1.82) is 0 Å². The molecular formula is C15H30N2O. The minimum atomic E-state index is 0.0139. The molecule has 0 radical (unpaired) electrons. The van der Waals surface area contributed by atoms with Gasteiger partial charge in [0.05, 0.1) is 6.61 Å². The molecule has 0 aromatic heterocycles. The van der Waals surface area contributed by atoms with Gasteiger partial charge < -0.3 is 4.74 Å². The van der Waals surface area contributed by atoms with Crippen molar-refractivity contribution < 1.29 is 4.74 Å². The summed E-state index contributed by atoms with van der Waals surface area (Å²) < 4.78 is 6.18. The van der Waals surface area contributed by atoms with Gasteiger partial charge in [-0.1, -0.05) is 0 Å². The van der Waals surface area contributed by atoms with Crippen LogP contribution in [0.4, 0.5) is 0 Å². The number of likely N-dealkylation sites (tertiary alicyclic amines) is 1. The molecule has 0 aliphatic carbocycles. The number of hydrogen-bond donors (Lipinski definition) is 0. The summed E-state index contributed by atoms with van der Waals surface area (Å²) >= 11 is 0. The summed E-state index contributed by atoms with van der Waals surface area (Å²) in [6, 6.07) is 0. The van der Waals surface area contributed by atoms with Gasteiger partial charge in [0.2, 0.25) is 0 Å². The maximum absolute atomic E-state index is 6.18. The second-order valence-electron chi connectivity index (χ2n) is 7.77. The Bertz CT molecular complexity index is 293. The fourth-order valence-electron chi connectivity index (χ4n) is 3.50. The summed E-state index contributed by atoms with van der Waals surface area (Å²) in [5.41, 5.74) is 0.507. The number of ether oxygens (including phenoxy) is 1. The summed E-state index contributed by atoms with van der Waals surface area (Å²) in [6.07, 6.45) is 2.28. The van der Waals surface area contributed by atoms with Gasteiger partial charge in [0, 0.05) is 43.6 Å². The highest BCUT2D eigenvalue weighted by Gasteiger charge is 2.49. The fraction of sp³-hybridized carbons (Fsp3) is 1.00. The molecule has 1 spiro atoms. The Balaban J connectivity index is 2.07. The maximum Gasteiger partial charge on any atom is 0.124 e. The quantitative estimate of drug-likeness (QED) is 0.661. The zero-order valence-electron chi connectivity index (χ0n) is 13.0. The molecule has 0 amide bonds. The van der Waals surface area contributed by atoms with Crippen molar-refractivity contribution in [3.63, 3.8) is 0 Å². The molecule has 2 saturated heterocycles. The van der Waals surface area contributed by atoms with E-state index in [9.17, 15) is 0 Å². The molecule has 0 atom stereocenters. The first-order valence-corrected chi connectivity index (χ1v) is 7.32. The van der Waals surface area contributed by atoms with E-state index in [4.69, 9.17) is 4.74 Å². The van der Waals surface area contributed by atoms with E-state index in [0.29, 0.717) is 0 Å². The van der Waals surface area contributed by atoms with Crippen LogP contribution in [0, 0.1) is 0 Å². The molecule has 0 saturated carbocycles. The van der Waals surface area contributed by atoms with Gasteiger partial charge in [-0.3, -0.25) is 9.80 Å². The number of rotatable bonds is 0. The lowest BCUT2D eigenvalue weighted by molar-refractivity contribution is -0.152. The molecule has 2 aliphatic rings. The molecule has 0 unspecified atom stereocenters. The highest BCUT2D eigenvalue weighted by atomic mass is 16.5. The number of nitrogens with zero attached hydrogens (tertiary/aromatic N) is 2. The topological polar surface area (TPSA) is 15.7 Å². The summed E-state index contributed by atoms with van der Waals surface area (Å²) in [4.78, 5) is 5.17. The first kappa shape index (κ1) is 14.3. The average molecular weight is 254 g/mol. The Hall–Kier alpha value is -0.120. The molecule has 0 N–H and O–H groups in total. The second-order valence-corrected chi connectivity index (χ2v) is 7.77. The third-order valence-electron chi connectivity index (χ3n) is 4.48. The largest absolute Gasteiger partial charge is 0.359 e. The molecule has 106 valence electrons. The van der Waals surface area contributed by atoms with E-state index in [0.717, 1.165) is 39.1 Å². The minimum Gasteiger partial charge on any atom is -0.359 e. The van der Waals surface area contributed by atoms with Crippen molar-refractivity contribution in [1.82, 2.24) is 9.80 Å². The van der Waals surface area contributed by atoms with E-state index in [1.54, 1.807) is 0 Å². The van der Waals surface area contributed by atoms with E-state index in [1.807, 2.05) is 0 Å². The minimum absolute atomic E-state index is 0.0139. The lowest BCUT2D eigenvalue weighted by Crippen LogP contribution is -2.60. The molecule has 2 fully saturated rings. The summed E-state index contributed by atoms with van der Waals surface area (Å²) in [5, 5.41) is 0. The normalized spacial score (nSPS) is 27.0. The lowest BCUT2D eigenvalue weighted by Gasteiger charge is -2.51. The third kappa shape index (κ3) is 2.59. The Morgan fingerprint density at radius 1 is 0.833 bits per heavy atom. The highest BCUT2D eigenvalue weighted by molar-refractivity contribution is 4.98. The molecule has 2 aliphatic heterocycles. The van der Waals surface area contributed by atoms with Crippen LogP contribution in [0.3, 0.4) is 0 Å². The van der Waals surface area contributed by atoms with Gasteiger partial charge in [0.15, 0.2) is 0 Å². The van der Waals surface area contributed by atoms with Crippen molar-refractivity contribution in [2.45, 2.75) is 71.2 Å². The van der Waals surface area contributed by atoms with Gasteiger partial charge in [-0.15, -0.1) is 0 Å². The predicted molar refractivity (Wildman–Crippen MR) is 75.7 cm³/mol. The number of piperidine rings is 1. The molecule has 3 nitrogen and oxygen atoms in total. The van der Waals surface area contributed by atoms with E-state index < -0.39 is 0 Å². The van der Waals surface area contributed by atoms with Crippen LogP contribution in [0.25, 0.3) is 0 Å². The van der Waals surface area contributed by atoms with Crippen LogP contribution < -0.4 is 0 Å². The smallest absolute Gasteiger partial charge is 0.124 e. The van der Waals surface area contributed by atoms with E-state index >= 15 is 0 Å². The SMILES string of the molecule is CC(C)(C)N1CCC2(CC1)OCCN2C(C)(C)C. The first-order chi connectivity index (χ1) is 8.15. The first-order valence-electron chi connectivity index (χ1n) is 7.32. The molecule has 2 rings (SSSR count). The molecular weight excluding hydrogens is 224 g/mol. The zero-order valence-corrected chi connectivity index (χ0v) is 13.0. The molecule has 0 bridgehead atoms. The fourth-order valence-corrected chi connectivity index (χ4v) is 3.50. The van der Waals surface area contributed by atoms with Crippen LogP contribution in [0.1, 0.15) is 54.4 Å². The van der Waals surface area contributed by atoms with Crippen LogP contribution in [0.15, 0.2) is 0 Å². The van der Waals surface area contributed by atoms with Crippen molar-refractivity contribution in [2.75, 3.05) is 26.2 Å². The maximum atomic E-state index is 6.18. The monoisotopic (exact) mass is 254 g/mol. The van der Waals surface area contributed by atoms with E-state index in [-0.39, 0.29) is 16.8 Å². The molecule has 0 aromatic carbocycles. The van der Waals surface area contributed by atoms with E-state index in [1.165, 1.54) is 0 Å². The van der Waals surface area contributed by atoms with Gasteiger partial charge in [-0.25, -0.2) is 0 Å². The van der Waals surface area contributed by atoms with Gasteiger partial charge in [0.25, 0.3) is 0 Å². The van der Waals surface area contributed by atoms with Crippen molar-refractivity contribution in [3.8, 4) is 0 Å². The zero-order chi connectivity index (χ0) is 13.6. The third-order valence-corrected chi connectivity index (χ3v) is 4.48. The lowest BCUT2D eigenvalue weighted by atomic mass is 9.91. The Labute approximate surface area is 112 Å². The molecule has 2 heterocycles. The van der Waals surface area contributed by atoms with Crippen LogP contribution in [0.5, 0.6) is 0 Å².